The van der Waals surface area contributed by atoms with Crippen molar-refractivity contribution in [3.63, 3.8) is 0 Å². The van der Waals surface area contributed by atoms with E-state index in [2.05, 4.69) is 10.6 Å². The molecule has 3 aromatic carbocycles. The van der Waals surface area contributed by atoms with Crippen LogP contribution in [0.25, 0.3) is 0 Å². The highest BCUT2D eigenvalue weighted by molar-refractivity contribution is 6.30. The molecule has 0 saturated carbocycles. The molecule has 3 rings (SSSR count). The Balaban J connectivity index is 1.82. The molecule has 0 spiro atoms. The smallest absolute Gasteiger partial charge is 0.320 e. The average Bonchev–Trinajstić information content (AvgIpc) is 2.63. The standard InChI is InChI=1S/C20H16ClFN2O/c21-16-11-12-18(17(22)13-16)23-20(25)24-19(14-7-3-1-4-8-14)15-9-5-2-6-10-15/h1-13,19H,(H2,23,24,25). The molecule has 0 unspecified atom stereocenters. The van der Waals surface area contributed by atoms with Crippen molar-refractivity contribution in [3.8, 4) is 0 Å². The zero-order valence-corrected chi connectivity index (χ0v) is 14.0. The van der Waals surface area contributed by atoms with Gasteiger partial charge in [0.1, 0.15) is 5.82 Å². The van der Waals surface area contributed by atoms with E-state index in [0.717, 1.165) is 17.2 Å². The third kappa shape index (κ3) is 4.37. The van der Waals surface area contributed by atoms with Crippen molar-refractivity contribution in [1.29, 1.82) is 0 Å². The van der Waals surface area contributed by atoms with Gasteiger partial charge < -0.3 is 10.6 Å². The molecule has 3 aromatic rings. The largest absolute Gasteiger partial charge is 0.327 e. The summed E-state index contributed by atoms with van der Waals surface area (Å²) < 4.78 is 13.9. The van der Waals surface area contributed by atoms with Crippen molar-refractivity contribution in [1.82, 2.24) is 5.32 Å². The van der Waals surface area contributed by atoms with Crippen LogP contribution in [-0.2, 0) is 0 Å². The van der Waals surface area contributed by atoms with Gasteiger partial charge in [-0.1, -0.05) is 72.3 Å². The minimum atomic E-state index is -0.585. The van der Waals surface area contributed by atoms with Crippen LogP contribution >= 0.6 is 11.6 Å². The summed E-state index contributed by atoms with van der Waals surface area (Å²) >= 11 is 5.73. The number of hydrogen-bond acceptors (Lipinski definition) is 1. The van der Waals surface area contributed by atoms with Gasteiger partial charge in [-0.15, -0.1) is 0 Å². The van der Waals surface area contributed by atoms with E-state index < -0.39 is 11.8 Å². The first-order valence-corrected chi connectivity index (χ1v) is 8.14. The topological polar surface area (TPSA) is 41.1 Å². The molecule has 0 fully saturated rings. The Kier molecular flexibility index (Phi) is 5.31. The maximum Gasteiger partial charge on any atom is 0.320 e. The molecule has 2 N–H and O–H groups in total. The molecule has 5 heteroatoms. The number of nitrogens with one attached hydrogen (secondary N) is 2. The van der Waals surface area contributed by atoms with Gasteiger partial charge in [-0.2, -0.15) is 0 Å². The van der Waals surface area contributed by atoms with Crippen LogP contribution in [0.5, 0.6) is 0 Å². The summed E-state index contributed by atoms with van der Waals surface area (Å²) in [4.78, 5) is 12.4. The number of carbonyl (C=O) groups excluding carboxylic acids is 1. The van der Waals surface area contributed by atoms with Crippen LogP contribution in [0, 0.1) is 5.82 Å². The van der Waals surface area contributed by atoms with Gasteiger partial charge in [0.15, 0.2) is 0 Å². The van der Waals surface area contributed by atoms with Crippen LogP contribution in [0.15, 0.2) is 78.9 Å². The van der Waals surface area contributed by atoms with Gasteiger partial charge in [-0.3, -0.25) is 0 Å². The Bertz CT molecular complexity index is 817. The van der Waals surface area contributed by atoms with Crippen LogP contribution in [0.1, 0.15) is 17.2 Å². The zero-order chi connectivity index (χ0) is 17.6. The van der Waals surface area contributed by atoms with Gasteiger partial charge in [0.2, 0.25) is 0 Å². The Morgan fingerprint density at radius 3 is 1.96 bits per heavy atom. The summed E-state index contributed by atoms with van der Waals surface area (Å²) in [5, 5.41) is 5.69. The third-order valence-corrected chi connectivity index (χ3v) is 3.96. The van der Waals surface area contributed by atoms with E-state index in [9.17, 15) is 9.18 Å². The number of carbonyl (C=O) groups is 1. The van der Waals surface area contributed by atoms with Crippen molar-refractivity contribution < 1.29 is 9.18 Å². The molecule has 3 nitrogen and oxygen atoms in total. The fourth-order valence-electron chi connectivity index (χ4n) is 2.53. The number of anilines is 1. The van der Waals surface area contributed by atoms with Crippen molar-refractivity contribution in [2.45, 2.75) is 6.04 Å². The number of hydrogen-bond donors (Lipinski definition) is 2. The molecule has 126 valence electrons. The van der Waals surface area contributed by atoms with Gasteiger partial charge in [-0.25, -0.2) is 9.18 Å². The summed E-state index contributed by atoms with van der Waals surface area (Å²) in [7, 11) is 0. The van der Waals surface area contributed by atoms with Gasteiger partial charge >= 0.3 is 6.03 Å². The number of halogens is 2. The number of rotatable bonds is 4. The summed E-state index contributed by atoms with van der Waals surface area (Å²) in [6.07, 6.45) is 0. The monoisotopic (exact) mass is 354 g/mol. The van der Waals surface area contributed by atoms with Gasteiger partial charge in [0.05, 0.1) is 11.7 Å². The Morgan fingerprint density at radius 1 is 0.880 bits per heavy atom. The summed E-state index contributed by atoms with van der Waals surface area (Å²) in [6, 6.07) is 22.4. The Morgan fingerprint density at radius 2 is 1.44 bits per heavy atom. The van der Waals surface area contributed by atoms with Crippen LogP contribution in [0.4, 0.5) is 14.9 Å². The maximum atomic E-state index is 13.9. The van der Waals surface area contributed by atoms with E-state index in [0.29, 0.717) is 0 Å². The molecule has 0 bridgehead atoms. The van der Waals surface area contributed by atoms with Crippen molar-refractivity contribution >= 4 is 23.3 Å². The van der Waals surface area contributed by atoms with Crippen molar-refractivity contribution in [2.75, 3.05) is 5.32 Å². The zero-order valence-electron chi connectivity index (χ0n) is 13.2. The molecule has 0 aliphatic heterocycles. The Labute approximate surface area is 150 Å². The second-order valence-electron chi connectivity index (χ2n) is 5.48. The normalized spacial score (nSPS) is 10.5. The van der Waals surface area contributed by atoms with E-state index >= 15 is 0 Å². The minimum Gasteiger partial charge on any atom is -0.327 e. The average molecular weight is 355 g/mol. The lowest BCUT2D eigenvalue weighted by atomic mass is 9.99. The van der Waals surface area contributed by atoms with Gasteiger partial charge in [-0.05, 0) is 29.3 Å². The predicted octanol–water partition coefficient (Wildman–Crippen LogP) is 5.39. The summed E-state index contributed by atoms with van der Waals surface area (Å²) in [5.41, 5.74) is 1.93. The van der Waals surface area contributed by atoms with Crippen molar-refractivity contribution in [3.05, 3.63) is 101 Å². The lowest BCUT2D eigenvalue weighted by Crippen LogP contribution is -2.33. The van der Waals surface area contributed by atoms with Crippen LogP contribution in [-0.4, -0.2) is 6.03 Å². The first kappa shape index (κ1) is 17.0. The first-order valence-electron chi connectivity index (χ1n) is 7.76. The molecule has 0 aliphatic carbocycles. The van der Waals surface area contributed by atoms with Crippen LogP contribution in [0.3, 0.4) is 0 Å². The highest BCUT2D eigenvalue weighted by Gasteiger charge is 2.17. The molecule has 0 heterocycles. The second kappa shape index (κ2) is 7.81. The Hall–Kier alpha value is -2.85. The van der Waals surface area contributed by atoms with Gasteiger partial charge in [0, 0.05) is 5.02 Å². The number of benzene rings is 3. The van der Waals surface area contributed by atoms with Crippen molar-refractivity contribution in [2.24, 2.45) is 0 Å². The molecular weight excluding hydrogens is 339 g/mol. The summed E-state index contributed by atoms with van der Waals surface area (Å²) in [5.74, 6) is -0.585. The predicted molar refractivity (Wildman–Crippen MR) is 98.3 cm³/mol. The number of urea groups is 1. The molecule has 2 amide bonds. The fourth-order valence-corrected chi connectivity index (χ4v) is 2.69. The molecule has 0 aliphatic rings. The van der Waals surface area contributed by atoms with E-state index in [-0.39, 0.29) is 16.8 Å². The van der Waals surface area contributed by atoms with E-state index in [4.69, 9.17) is 11.6 Å². The molecule has 0 aromatic heterocycles. The van der Waals surface area contributed by atoms with Crippen LogP contribution < -0.4 is 10.6 Å². The quantitative estimate of drug-likeness (QED) is 0.648. The highest BCUT2D eigenvalue weighted by atomic mass is 35.5. The fraction of sp³-hybridized carbons (Fsp3) is 0.0500. The lowest BCUT2D eigenvalue weighted by molar-refractivity contribution is 0.250. The first-order chi connectivity index (χ1) is 12.1. The molecule has 0 radical (unpaired) electrons. The molecular formula is C20H16ClFN2O. The minimum absolute atomic E-state index is 0.0711. The molecule has 0 atom stereocenters. The van der Waals surface area contributed by atoms with E-state index in [1.807, 2.05) is 60.7 Å². The van der Waals surface area contributed by atoms with Crippen LogP contribution in [0.2, 0.25) is 5.02 Å². The highest BCUT2D eigenvalue weighted by Crippen LogP contribution is 2.23. The molecule has 0 saturated heterocycles. The lowest BCUT2D eigenvalue weighted by Gasteiger charge is -2.20. The second-order valence-corrected chi connectivity index (χ2v) is 5.91. The molecule has 25 heavy (non-hydrogen) atoms. The van der Waals surface area contributed by atoms with E-state index in [1.54, 1.807) is 0 Å². The van der Waals surface area contributed by atoms with Gasteiger partial charge in [0.25, 0.3) is 0 Å². The van der Waals surface area contributed by atoms with E-state index in [1.165, 1.54) is 12.1 Å². The summed E-state index contributed by atoms with van der Waals surface area (Å²) in [6.45, 7) is 0. The third-order valence-electron chi connectivity index (χ3n) is 3.72. The SMILES string of the molecule is O=C(Nc1ccc(Cl)cc1F)NC(c1ccccc1)c1ccccc1. The number of amides is 2. The maximum absolute atomic E-state index is 13.9.